The van der Waals surface area contributed by atoms with Crippen LogP contribution in [0.25, 0.3) is 0 Å². The molecule has 1 saturated carbocycles. The van der Waals surface area contributed by atoms with Gasteiger partial charge in [0.25, 0.3) is 0 Å². The third kappa shape index (κ3) is 1.03. The molecule has 2 atom stereocenters. The predicted octanol–water partition coefficient (Wildman–Crippen LogP) is 2.22. The van der Waals surface area contributed by atoms with Gasteiger partial charge in [0.1, 0.15) is 5.41 Å². The zero-order chi connectivity index (χ0) is 9.47. The summed E-state index contributed by atoms with van der Waals surface area (Å²) in [5.74, 6) is 0.471. The van der Waals surface area contributed by atoms with Gasteiger partial charge in [-0.3, -0.25) is 4.79 Å². The second-order valence-corrected chi connectivity index (χ2v) is 4.20. The maximum Gasteiger partial charge on any atom is 0.153 e. The lowest BCUT2D eigenvalue weighted by Gasteiger charge is -2.30. The van der Waals surface area contributed by atoms with Crippen molar-refractivity contribution in [1.82, 2.24) is 0 Å². The number of carbonyl (C=O) groups excluding carboxylic acids is 1. The van der Waals surface area contributed by atoms with Gasteiger partial charge in [0, 0.05) is 6.42 Å². The summed E-state index contributed by atoms with van der Waals surface area (Å²) >= 11 is 0. The normalized spacial score (nSPS) is 38.0. The molecule has 0 heterocycles. The zero-order valence-corrected chi connectivity index (χ0v) is 7.84. The third-order valence-corrected chi connectivity index (χ3v) is 3.45. The van der Waals surface area contributed by atoms with Crippen LogP contribution in [0.3, 0.4) is 0 Å². The van der Waals surface area contributed by atoms with E-state index in [-0.39, 0.29) is 5.78 Å². The Balaban J connectivity index is 2.39. The second kappa shape index (κ2) is 2.70. The Kier molecular flexibility index (Phi) is 1.76. The summed E-state index contributed by atoms with van der Waals surface area (Å²) in [5, 5.41) is 9.11. The Hall–Kier alpha value is -1.10. The number of nitriles is 1. The van der Waals surface area contributed by atoms with Crippen LogP contribution in [-0.4, -0.2) is 5.78 Å². The van der Waals surface area contributed by atoms with Gasteiger partial charge in [0.05, 0.1) is 6.07 Å². The quantitative estimate of drug-likeness (QED) is 0.529. The van der Waals surface area contributed by atoms with Crippen molar-refractivity contribution in [2.75, 3.05) is 0 Å². The minimum atomic E-state index is -0.639. The Morgan fingerprint density at radius 3 is 3.15 bits per heavy atom. The number of fused-ring (bicyclic) bond motifs is 1. The van der Waals surface area contributed by atoms with E-state index in [4.69, 9.17) is 5.26 Å². The van der Waals surface area contributed by atoms with E-state index in [1.807, 2.05) is 0 Å². The number of nitrogens with zero attached hydrogens (tertiary/aromatic N) is 1. The highest BCUT2D eigenvalue weighted by Crippen LogP contribution is 2.48. The monoisotopic (exact) mass is 175 g/mol. The minimum absolute atomic E-state index is 0.170. The molecule has 13 heavy (non-hydrogen) atoms. The second-order valence-electron chi connectivity index (χ2n) is 4.20. The van der Waals surface area contributed by atoms with Gasteiger partial charge < -0.3 is 0 Å². The van der Waals surface area contributed by atoms with Crippen LogP contribution in [0.1, 0.15) is 32.6 Å². The number of hydrogen-bond donors (Lipinski definition) is 0. The first-order valence-electron chi connectivity index (χ1n) is 4.79. The first kappa shape index (κ1) is 8.50. The molecule has 0 bridgehead atoms. The first-order chi connectivity index (χ1) is 6.19. The van der Waals surface area contributed by atoms with Gasteiger partial charge in [-0.05, 0) is 32.1 Å². The van der Waals surface area contributed by atoms with Crippen molar-refractivity contribution >= 4 is 5.78 Å². The Labute approximate surface area is 78.2 Å². The predicted molar refractivity (Wildman–Crippen MR) is 48.8 cm³/mol. The summed E-state index contributed by atoms with van der Waals surface area (Å²) in [4.78, 5) is 11.6. The van der Waals surface area contributed by atoms with Crippen LogP contribution < -0.4 is 0 Å². The molecule has 0 amide bonds. The maximum absolute atomic E-state index is 11.6. The number of allylic oxidation sites excluding steroid dienone is 2. The van der Waals surface area contributed by atoms with E-state index in [2.05, 4.69) is 19.1 Å². The highest BCUT2D eigenvalue weighted by atomic mass is 16.1. The van der Waals surface area contributed by atoms with Crippen LogP contribution in [0, 0.1) is 22.7 Å². The number of Topliss-reactive ketones (excluding diaryl/α,β-unsaturated/α-hetero) is 1. The molecule has 0 saturated heterocycles. The highest BCUT2D eigenvalue weighted by Gasteiger charge is 2.50. The van der Waals surface area contributed by atoms with Crippen molar-refractivity contribution in [3.8, 4) is 6.07 Å². The molecule has 2 rings (SSSR count). The van der Waals surface area contributed by atoms with Gasteiger partial charge in [-0.2, -0.15) is 5.26 Å². The molecule has 0 aromatic rings. The summed E-state index contributed by atoms with van der Waals surface area (Å²) in [6, 6.07) is 2.26. The van der Waals surface area contributed by atoms with Crippen molar-refractivity contribution in [2.45, 2.75) is 32.6 Å². The number of carbonyl (C=O) groups is 1. The fourth-order valence-electron chi connectivity index (χ4n) is 2.57. The van der Waals surface area contributed by atoms with E-state index >= 15 is 0 Å². The highest BCUT2D eigenvalue weighted by molar-refractivity contribution is 5.90. The van der Waals surface area contributed by atoms with Gasteiger partial charge in [0.15, 0.2) is 5.78 Å². The van der Waals surface area contributed by atoms with Crippen LogP contribution in [0.5, 0.6) is 0 Å². The van der Waals surface area contributed by atoms with Gasteiger partial charge in [-0.15, -0.1) is 0 Å². The molecule has 0 aromatic carbocycles. The average Bonchev–Trinajstić information content (AvgIpc) is 2.44. The zero-order valence-electron chi connectivity index (χ0n) is 7.84. The summed E-state index contributed by atoms with van der Waals surface area (Å²) < 4.78 is 0. The van der Waals surface area contributed by atoms with Crippen LogP contribution in [-0.2, 0) is 4.79 Å². The largest absolute Gasteiger partial charge is 0.298 e. The minimum Gasteiger partial charge on any atom is -0.298 e. The molecule has 0 aromatic heterocycles. The van der Waals surface area contributed by atoms with Gasteiger partial charge in [-0.1, -0.05) is 11.6 Å². The van der Waals surface area contributed by atoms with Crippen molar-refractivity contribution < 1.29 is 4.79 Å². The maximum atomic E-state index is 11.6. The summed E-state index contributed by atoms with van der Waals surface area (Å²) in [5.41, 5.74) is 0.699. The molecule has 0 spiro atoms. The molecule has 0 radical (unpaired) electrons. The molecule has 2 aliphatic carbocycles. The van der Waals surface area contributed by atoms with Crippen molar-refractivity contribution in [3.63, 3.8) is 0 Å². The average molecular weight is 175 g/mol. The molecule has 0 aliphatic heterocycles. The SMILES string of the molecule is CC1=CC[C@@]2(C#N)C(=O)CC[C@H]2C1. The lowest BCUT2D eigenvalue weighted by molar-refractivity contribution is -0.124. The molecule has 2 aliphatic rings. The van der Waals surface area contributed by atoms with Gasteiger partial charge in [-0.25, -0.2) is 0 Å². The topological polar surface area (TPSA) is 40.9 Å². The molecular formula is C11H13NO. The summed E-state index contributed by atoms with van der Waals surface area (Å²) in [7, 11) is 0. The molecule has 2 nitrogen and oxygen atoms in total. The Bertz CT molecular complexity index is 323. The van der Waals surface area contributed by atoms with E-state index in [0.29, 0.717) is 18.8 Å². The lowest BCUT2D eigenvalue weighted by Crippen LogP contribution is -2.32. The van der Waals surface area contributed by atoms with Crippen LogP contribution in [0.2, 0.25) is 0 Å². The van der Waals surface area contributed by atoms with Crippen molar-refractivity contribution in [1.29, 1.82) is 5.26 Å². The standard InChI is InChI=1S/C11H13NO/c1-8-4-5-11(7-12)9(6-8)2-3-10(11)13/h4,9H,2-3,5-6H2,1H3/t9-,11-/m0/s1. The summed E-state index contributed by atoms with van der Waals surface area (Å²) in [6.07, 6.45) is 5.18. The number of hydrogen-bond acceptors (Lipinski definition) is 2. The molecule has 0 unspecified atom stereocenters. The lowest BCUT2D eigenvalue weighted by atomic mass is 9.70. The fourth-order valence-corrected chi connectivity index (χ4v) is 2.57. The van der Waals surface area contributed by atoms with E-state index < -0.39 is 5.41 Å². The Morgan fingerprint density at radius 2 is 2.46 bits per heavy atom. The fraction of sp³-hybridized carbons (Fsp3) is 0.636. The van der Waals surface area contributed by atoms with Crippen molar-refractivity contribution in [2.24, 2.45) is 11.3 Å². The smallest absolute Gasteiger partial charge is 0.153 e. The molecule has 68 valence electrons. The van der Waals surface area contributed by atoms with Crippen LogP contribution in [0.4, 0.5) is 0 Å². The van der Waals surface area contributed by atoms with Crippen LogP contribution in [0.15, 0.2) is 11.6 Å². The first-order valence-corrected chi connectivity index (χ1v) is 4.79. The van der Waals surface area contributed by atoms with Gasteiger partial charge >= 0.3 is 0 Å². The van der Waals surface area contributed by atoms with E-state index in [9.17, 15) is 4.79 Å². The number of ketones is 1. The van der Waals surface area contributed by atoms with Gasteiger partial charge in [0.2, 0.25) is 0 Å². The van der Waals surface area contributed by atoms with Crippen molar-refractivity contribution in [3.05, 3.63) is 11.6 Å². The van der Waals surface area contributed by atoms with Crippen LogP contribution >= 0.6 is 0 Å². The Morgan fingerprint density at radius 1 is 1.69 bits per heavy atom. The number of rotatable bonds is 0. The molecular weight excluding hydrogens is 162 g/mol. The molecule has 2 heteroatoms. The van der Waals surface area contributed by atoms with E-state index in [1.54, 1.807) is 0 Å². The third-order valence-electron chi connectivity index (χ3n) is 3.45. The summed E-state index contributed by atoms with van der Waals surface area (Å²) in [6.45, 7) is 2.09. The van der Waals surface area contributed by atoms with E-state index in [0.717, 1.165) is 12.8 Å². The molecule has 0 N–H and O–H groups in total. The van der Waals surface area contributed by atoms with E-state index in [1.165, 1.54) is 5.57 Å². The molecule has 1 fully saturated rings.